The maximum absolute atomic E-state index is 9.82. The van der Waals surface area contributed by atoms with Gasteiger partial charge in [0, 0.05) is 6.92 Å². The Morgan fingerprint density at radius 2 is 2.00 bits per heavy atom. The molecule has 0 spiro atoms. The Labute approximate surface area is 65.5 Å². The molecule has 0 aromatic carbocycles. The van der Waals surface area contributed by atoms with Gasteiger partial charge in [0.25, 0.3) is 0 Å². The van der Waals surface area contributed by atoms with Crippen LogP contribution in [0, 0.1) is 0 Å². The minimum absolute atomic E-state index is 0.211. The molecule has 4 nitrogen and oxygen atoms in total. The molecule has 0 aromatic rings. The molecule has 0 atom stereocenters. The third-order valence-corrected chi connectivity index (χ3v) is 0.514. The molecule has 0 amide bonds. The molecule has 11 heavy (non-hydrogen) atoms. The maximum Gasteiger partial charge on any atom is 0.302 e. The average molecular weight is 159 g/mol. The average Bonchev–Trinajstić information content (AvgIpc) is 1.89. The number of hydrogen-bond acceptors (Lipinski definition) is 4. The molecule has 0 saturated heterocycles. The summed E-state index contributed by atoms with van der Waals surface area (Å²) in [5.41, 5.74) is 0. The number of carbonyl (C=O) groups is 2. The molecule has 0 saturated carbocycles. The van der Waals surface area contributed by atoms with Gasteiger partial charge in [-0.15, -0.1) is 0 Å². The van der Waals surface area contributed by atoms with Crippen molar-refractivity contribution in [3.05, 3.63) is 12.7 Å². The molecule has 0 N–H and O–H groups in total. The molecule has 0 radical (unpaired) electrons. The highest BCUT2D eigenvalue weighted by Crippen LogP contribution is 1.69. The fourth-order valence-electron chi connectivity index (χ4n) is 0.203. The van der Waals surface area contributed by atoms with E-state index in [4.69, 9.17) is 9.90 Å². The quantitative estimate of drug-likeness (QED) is 0.402. The van der Waals surface area contributed by atoms with Crippen molar-refractivity contribution >= 4 is 11.9 Å². The van der Waals surface area contributed by atoms with Crippen LogP contribution in [0.4, 0.5) is 0 Å². The molecule has 0 rings (SSSR count). The van der Waals surface area contributed by atoms with E-state index in [2.05, 4.69) is 11.3 Å². The van der Waals surface area contributed by atoms with Gasteiger partial charge in [-0.25, -0.2) is 0 Å². The van der Waals surface area contributed by atoms with Crippen LogP contribution < -0.4 is 5.11 Å². The number of rotatable bonds is 2. The summed E-state index contributed by atoms with van der Waals surface area (Å²) in [7, 11) is 0. The fourth-order valence-corrected chi connectivity index (χ4v) is 0.203. The Morgan fingerprint density at radius 1 is 1.64 bits per heavy atom. The number of esters is 1. The third kappa shape index (κ3) is 28.6. The van der Waals surface area contributed by atoms with Crippen molar-refractivity contribution in [2.24, 2.45) is 0 Å². The van der Waals surface area contributed by atoms with Crippen LogP contribution in [0.5, 0.6) is 0 Å². The van der Waals surface area contributed by atoms with Gasteiger partial charge >= 0.3 is 5.97 Å². The second-order valence-corrected chi connectivity index (χ2v) is 1.45. The smallest absolute Gasteiger partial charge is 0.302 e. The lowest BCUT2D eigenvalue weighted by Crippen LogP contribution is -2.17. The first-order valence-corrected chi connectivity index (χ1v) is 3.01. The van der Waals surface area contributed by atoms with Crippen LogP contribution in [-0.4, -0.2) is 18.5 Å². The third-order valence-electron chi connectivity index (χ3n) is 0.514. The predicted molar refractivity (Wildman–Crippen MR) is 37.5 cm³/mol. The first-order valence-electron chi connectivity index (χ1n) is 3.01. The molecule has 4 heteroatoms. The van der Waals surface area contributed by atoms with Crippen molar-refractivity contribution in [3.8, 4) is 0 Å². The summed E-state index contributed by atoms with van der Waals surface area (Å²) < 4.78 is 4.40. The Kier molecular flexibility index (Phi) is 9.76. The first kappa shape index (κ1) is 12.4. The van der Waals surface area contributed by atoms with Crippen LogP contribution in [0.25, 0.3) is 0 Å². The fraction of sp³-hybridized carbons (Fsp3) is 0.429. The zero-order chi connectivity index (χ0) is 9.28. The largest absolute Gasteiger partial charge is 0.545 e. The minimum Gasteiger partial charge on any atom is -0.545 e. The molecule has 0 aromatic heterocycles. The summed E-state index contributed by atoms with van der Waals surface area (Å²) in [6.45, 7) is 6.55. The topological polar surface area (TPSA) is 66.4 Å². The van der Waals surface area contributed by atoms with Crippen LogP contribution in [0.2, 0.25) is 0 Å². The van der Waals surface area contributed by atoms with E-state index in [0.29, 0.717) is 6.61 Å². The molecule has 64 valence electrons. The minimum atomic E-state index is -1.23. The van der Waals surface area contributed by atoms with Gasteiger partial charge in [-0.1, -0.05) is 6.58 Å². The number of carboxylic acid groups (broad SMARTS) is 1. The maximum atomic E-state index is 9.82. The van der Waals surface area contributed by atoms with E-state index >= 15 is 0 Å². The number of carbonyl (C=O) groups excluding carboxylic acids is 2. The first-order chi connectivity index (χ1) is 5.04. The van der Waals surface area contributed by atoms with Gasteiger partial charge in [0.05, 0.1) is 12.6 Å². The lowest BCUT2D eigenvalue weighted by molar-refractivity contribution is -0.297. The summed E-state index contributed by atoms with van der Waals surface area (Å²) in [5.74, 6) is -1.44. The van der Waals surface area contributed by atoms with E-state index in [1.54, 1.807) is 6.92 Å². The summed E-state index contributed by atoms with van der Waals surface area (Å²) in [4.78, 5) is 19.0. The van der Waals surface area contributed by atoms with E-state index < -0.39 is 5.97 Å². The molecular formula is C7H11O4-. The normalized spacial score (nSPS) is 7.09. The van der Waals surface area contributed by atoms with Gasteiger partial charge < -0.3 is 14.6 Å². The van der Waals surface area contributed by atoms with Crippen LogP contribution in [0.1, 0.15) is 13.8 Å². The highest BCUT2D eigenvalue weighted by atomic mass is 16.5. The van der Waals surface area contributed by atoms with E-state index in [1.165, 1.54) is 6.92 Å². The predicted octanol–water partition coefficient (Wildman–Crippen LogP) is -0.508. The summed E-state index contributed by atoms with van der Waals surface area (Å²) in [6, 6.07) is 0. The molecule has 0 unspecified atom stereocenters. The van der Waals surface area contributed by atoms with Crippen LogP contribution in [0.15, 0.2) is 12.7 Å². The lowest BCUT2D eigenvalue weighted by atomic mass is 10.7. The van der Waals surface area contributed by atoms with Crippen LogP contribution in [-0.2, 0) is 14.3 Å². The Morgan fingerprint density at radius 3 is 2.00 bits per heavy atom. The number of aliphatic carboxylic acids is 1. The van der Waals surface area contributed by atoms with Crippen LogP contribution in [0.3, 0.4) is 0 Å². The van der Waals surface area contributed by atoms with Crippen molar-refractivity contribution < 1.29 is 19.4 Å². The van der Waals surface area contributed by atoms with Crippen molar-refractivity contribution in [2.75, 3.05) is 6.61 Å². The van der Waals surface area contributed by atoms with Gasteiger partial charge in [-0.2, -0.15) is 0 Å². The van der Waals surface area contributed by atoms with Gasteiger partial charge in [0.1, 0.15) is 0 Å². The Balaban J connectivity index is 0. The van der Waals surface area contributed by atoms with E-state index in [-0.39, 0.29) is 5.97 Å². The highest BCUT2D eigenvalue weighted by molar-refractivity contribution is 5.76. The second-order valence-electron chi connectivity index (χ2n) is 1.45. The molecule has 0 fully saturated rings. The van der Waals surface area contributed by atoms with Crippen molar-refractivity contribution in [1.29, 1.82) is 0 Å². The summed E-state index contributed by atoms with van der Waals surface area (Å²) >= 11 is 0. The van der Waals surface area contributed by atoms with Gasteiger partial charge in [0.2, 0.25) is 0 Å². The zero-order valence-electron chi connectivity index (χ0n) is 6.62. The molecule has 0 aliphatic rings. The molecular weight excluding hydrogens is 148 g/mol. The molecule has 0 bridgehead atoms. The number of ether oxygens (including phenoxy) is 1. The van der Waals surface area contributed by atoms with Gasteiger partial charge in [0.15, 0.2) is 0 Å². The highest BCUT2D eigenvalue weighted by Gasteiger charge is 1.81. The molecule has 0 heterocycles. The van der Waals surface area contributed by atoms with Crippen molar-refractivity contribution in [1.82, 2.24) is 0 Å². The number of hydrogen-bond donors (Lipinski definition) is 0. The molecule has 0 aliphatic heterocycles. The summed E-state index contributed by atoms with van der Waals surface area (Å²) in [5, 5.41) is 9.14. The van der Waals surface area contributed by atoms with Gasteiger partial charge in [-0.3, -0.25) is 4.79 Å². The lowest BCUT2D eigenvalue weighted by Gasteiger charge is -1.89. The Bertz CT molecular complexity index is 139. The van der Waals surface area contributed by atoms with E-state index in [1.807, 2.05) is 0 Å². The second kappa shape index (κ2) is 8.68. The monoisotopic (exact) mass is 159 g/mol. The summed E-state index contributed by atoms with van der Waals surface area (Å²) in [6.07, 6.45) is 0.722. The van der Waals surface area contributed by atoms with Crippen molar-refractivity contribution in [3.63, 3.8) is 0 Å². The van der Waals surface area contributed by atoms with Crippen LogP contribution >= 0.6 is 0 Å². The van der Waals surface area contributed by atoms with Gasteiger partial charge in [-0.05, 0) is 13.0 Å². The van der Waals surface area contributed by atoms with Crippen molar-refractivity contribution in [2.45, 2.75) is 13.8 Å². The SMILES string of the molecule is C=CC(=O)[O-].CCOC(C)=O. The van der Waals surface area contributed by atoms with E-state index in [9.17, 15) is 4.79 Å². The zero-order valence-corrected chi connectivity index (χ0v) is 6.62. The Hall–Kier alpha value is -1.32. The molecule has 0 aliphatic carbocycles. The number of carboxylic acids is 1. The standard InChI is InChI=1S/C4H8O2.C3H4O2/c1-3-6-4(2)5;1-2-3(4)5/h3H2,1-2H3;2H,1H2,(H,4,5)/p-1. The van der Waals surface area contributed by atoms with E-state index in [0.717, 1.165) is 6.08 Å².